The van der Waals surface area contributed by atoms with Crippen LogP contribution in [-0.2, 0) is 19.2 Å². The zero-order valence-electron chi connectivity index (χ0n) is 25.7. The van der Waals surface area contributed by atoms with Crippen LogP contribution in [0.4, 0.5) is 0 Å². The third-order valence-corrected chi connectivity index (χ3v) is 7.35. The van der Waals surface area contributed by atoms with E-state index in [1.807, 2.05) is 20.1 Å². The van der Waals surface area contributed by atoms with Crippen LogP contribution < -0.4 is 21.3 Å². The minimum atomic E-state index is -0.832. The van der Waals surface area contributed by atoms with E-state index in [4.69, 9.17) is 0 Å². The van der Waals surface area contributed by atoms with Crippen LogP contribution in [0.5, 0.6) is 0 Å². The van der Waals surface area contributed by atoms with Crippen molar-refractivity contribution >= 4 is 35.4 Å². The fraction of sp³-hybridized carbons (Fsp3) is 0.867. The first-order chi connectivity index (χ1) is 18.6. The molecule has 3 atom stereocenters. The SMILES string of the molecule is CCCCCCCCCCCCCCCC(=O)N[C@@H](CCSC)C(=O)N[C@@H](C)C(=O)N[C@@H](C)C(=O)NC(C)C. The standard InChI is InChI=1S/C30H58N4O4S/c1-7-8-9-10-11-12-13-14-15-16-17-18-19-20-27(35)34-26(21-22-39-6)30(38)33-25(5)29(37)32-24(4)28(36)31-23(2)3/h23-26H,7-22H2,1-6H3,(H,31,36)(H,32,37)(H,33,38)(H,34,35)/t24-,25-,26-/m0/s1. The van der Waals surface area contributed by atoms with Gasteiger partial charge in [-0.2, -0.15) is 11.8 Å². The molecule has 0 radical (unpaired) electrons. The Bertz CT molecular complexity index is 690. The molecule has 4 amide bonds. The van der Waals surface area contributed by atoms with Gasteiger partial charge in [0.1, 0.15) is 18.1 Å². The van der Waals surface area contributed by atoms with Gasteiger partial charge in [0.05, 0.1) is 0 Å². The predicted octanol–water partition coefficient (Wildman–Crippen LogP) is 5.24. The molecule has 0 bridgehead atoms. The molecule has 0 rings (SSSR count). The zero-order valence-corrected chi connectivity index (χ0v) is 26.5. The van der Waals surface area contributed by atoms with Gasteiger partial charge in [0.2, 0.25) is 23.6 Å². The van der Waals surface area contributed by atoms with Crippen LogP contribution in [0.2, 0.25) is 0 Å². The summed E-state index contributed by atoms with van der Waals surface area (Å²) in [6.45, 7) is 9.11. The van der Waals surface area contributed by atoms with Crippen LogP contribution in [0, 0.1) is 0 Å². The number of amides is 4. The summed E-state index contributed by atoms with van der Waals surface area (Å²) >= 11 is 1.60. The van der Waals surface area contributed by atoms with E-state index in [0.29, 0.717) is 18.6 Å². The Hall–Kier alpha value is -1.77. The normalized spacial score (nSPS) is 13.4. The van der Waals surface area contributed by atoms with E-state index in [2.05, 4.69) is 28.2 Å². The molecule has 0 aromatic carbocycles. The zero-order chi connectivity index (χ0) is 29.5. The van der Waals surface area contributed by atoms with Crippen molar-refractivity contribution in [2.45, 2.75) is 155 Å². The van der Waals surface area contributed by atoms with Crippen molar-refractivity contribution in [1.29, 1.82) is 0 Å². The Labute approximate surface area is 242 Å². The average molecular weight is 571 g/mol. The Balaban J connectivity index is 4.28. The van der Waals surface area contributed by atoms with Gasteiger partial charge >= 0.3 is 0 Å². The molecule has 0 saturated carbocycles. The van der Waals surface area contributed by atoms with Crippen molar-refractivity contribution in [2.75, 3.05) is 12.0 Å². The van der Waals surface area contributed by atoms with Crippen molar-refractivity contribution in [3.05, 3.63) is 0 Å². The molecule has 0 heterocycles. The number of unbranched alkanes of at least 4 members (excludes halogenated alkanes) is 12. The summed E-state index contributed by atoms with van der Waals surface area (Å²) in [6.07, 6.45) is 19.1. The Morgan fingerprint density at radius 3 is 1.49 bits per heavy atom. The summed E-state index contributed by atoms with van der Waals surface area (Å²) in [4.78, 5) is 49.9. The maximum atomic E-state index is 12.9. The lowest BCUT2D eigenvalue weighted by atomic mass is 10.0. The van der Waals surface area contributed by atoms with Gasteiger partial charge in [-0.25, -0.2) is 0 Å². The second kappa shape index (κ2) is 24.1. The molecule has 0 aromatic heterocycles. The molecule has 0 saturated heterocycles. The first kappa shape index (κ1) is 37.2. The number of carbonyl (C=O) groups is 4. The number of hydrogen-bond donors (Lipinski definition) is 4. The quantitative estimate of drug-likeness (QED) is 0.118. The molecular formula is C30H58N4O4S. The average Bonchev–Trinajstić information content (AvgIpc) is 2.88. The number of nitrogens with one attached hydrogen (secondary N) is 4. The summed E-state index contributed by atoms with van der Waals surface area (Å²) < 4.78 is 0. The van der Waals surface area contributed by atoms with Gasteiger partial charge in [0, 0.05) is 12.5 Å². The molecule has 39 heavy (non-hydrogen) atoms. The third-order valence-electron chi connectivity index (χ3n) is 6.70. The smallest absolute Gasteiger partial charge is 0.243 e. The van der Waals surface area contributed by atoms with Crippen molar-refractivity contribution in [2.24, 2.45) is 0 Å². The van der Waals surface area contributed by atoms with Gasteiger partial charge in [-0.1, -0.05) is 84.0 Å². The highest BCUT2D eigenvalue weighted by Crippen LogP contribution is 2.13. The summed E-state index contributed by atoms with van der Waals surface area (Å²) in [5.74, 6) is -0.531. The topological polar surface area (TPSA) is 116 Å². The molecule has 4 N–H and O–H groups in total. The Kier molecular flexibility index (Phi) is 23.0. The van der Waals surface area contributed by atoms with E-state index in [1.165, 1.54) is 64.2 Å². The maximum Gasteiger partial charge on any atom is 0.243 e. The van der Waals surface area contributed by atoms with Gasteiger partial charge in [0.25, 0.3) is 0 Å². The monoisotopic (exact) mass is 570 g/mol. The molecular weight excluding hydrogens is 512 g/mol. The fourth-order valence-electron chi connectivity index (χ4n) is 4.27. The molecule has 8 nitrogen and oxygen atoms in total. The summed E-state index contributed by atoms with van der Waals surface area (Å²) in [7, 11) is 0. The first-order valence-electron chi connectivity index (χ1n) is 15.3. The second-order valence-corrected chi connectivity index (χ2v) is 12.0. The van der Waals surface area contributed by atoms with Gasteiger partial charge in [0.15, 0.2) is 0 Å². The molecule has 0 fully saturated rings. The van der Waals surface area contributed by atoms with Crippen LogP contribution in [0.25, 0.3) is 0 Å². The maximum absolute atomic E-state index is 12.9. The number of thioether (sulfide) groups is 1. The molecule has 228 valence electrons. The first-order valence-corrected chi connectivity index (χ1v) is 16.7. The lowest BCUT2D eigenvalue weighted by Gasteiger charge is -2.22. The predicted molar refractivity (Wildman–Crippen MR) is 164 cm³/mol. The molecule has 0 aliphatic rings. The van der Waals surface area contributed by atoms with Gasteiger partial charge in [-0.05, 0) is 52.5 Å². The molecule has 0 unspecified atom stereocenters. The van der Waals surface area contributed by atoms with Crippen molar-refractivity contribution in [3.8, 4) is 0 Å². The molecule has 0 spiro atoms. The molecule has 9 heteroatoms. The van der Waals surface area contributed by atoms with E-state index in [-0.39, 0.29) is 23.8 Å². The highest BCUT2D eigenvalue weighted by molar-refractivity contribution is 7.98. The summed E-state index contributed by atoms with van der Waals surface area (Å²) in [5, 5.41) is 10.9. The third kappa shape index (κ3) is 20.8. The highest BCUT2D eigenvalue weighted by Gasteiger charge is 2.25. The van der Waals surface area contributed by atoms with Crippen LogP contribution >= 0.6 is 11.8 Å². The lowest BCUT2D eigenvalue weighted by Crippen LogP contribution is -2.55. The highest BCUT2D eigenvalue weighted by atomic mass is 32.2. The molecule has 0 aromatic rings. The fourth-order valence-corrected chi connectivity index (χ4v) is 4.74. The van der Waals surface area contributed by atoms with Gasteiger partial charge < -0.3 is 21.3 Å². The number of rotatable bonds is 24. The van der Waals surface area contributed by atoms with Gasteiger partial charge in [-0.15, -0.1) is 0 Å². The molecule has 0 aliphatic carbocycles. The van der Waals surface area contributed by atoms with E-state index < -0.39 is 24.0 Å². The summed E-state index contributed by atoms with van der Waals surface area (Å²) in [5.41, 5.74) is 0. The Morgan fingerprint density at radius 1 is 0.590 bits per heavy atom. The number of carbonyl (C=O) groups excluding carboxylic acids is 4. The van der Waals surface area contributed by atoms with Crippen molar-refractivity contribution in [3.63, 3.8) is 0 Å². The molecule has 0 aliphatic heterocycles. The van der Waals surface area contributed by atoms with Crippen LogP contribution in [0.1, 0.15) is 131 Å². The second-order valence-electron chi connectivity index (χ2n) is 11.0. The minimum Gasteiger partial charge on any atom is -0.352 e. The van der Waals surface area contributed by atoms with Crippen LogP contribution in [0.3, 0.4) is 0 Å². The summed E-state index contributed by atoms with van der Waals surface area (Å²) in [6, 6.07) is -2.27. The van der Waals surface area contributed by atoms with Crippen molar-refractivity contribution in [1.82, 2.24) is 21.3 Å². The van der Waals surface area contributed by atoms with E-state index in [9.17, 15) is 19.2 Å². The van der Waals surface area contributed by atoms with Crippen molar-refractivity contribution < 1.29 is 19.2 Å². The number of hydrogen-bond acceptors (Lipinski definition) is 5. The van der Waals surface area contributed by atoms with Crippen LogP contribution in [-0.4, -0.2) is 59.8 Å². The van der Waals surface area contributed by atoms with E-state index >= 15 is 0 Å². The van der Waals surface area contributed by atoms with Crippen LogP contribution in [0.15, 0.2) is 0 Å². The largest absolute Gasteiger partial charge is 0.352 e. The Morgan fingerprint density at radius 2 is 1.03 bits per heavy atom. The van der Waals surface area contributed by atoms with Gasteiger partial charge in [-0.3, -0.25) is 19.2 Å². The lowest BCUT2D eigenvalue weighted by molar-refractivity contribution is -0.133. The van der Waals surface area contributed by atoms with E-state index in [1.54, 1.807) is 25.6 Å². The van der Waals surface area contributed by atoms with E-state index in [0.717, 1.165) is 19.3 Å². The minimum absolute atomic E-state index is 0.0329.